The molecule has 0 aromatic carbocycles. The summed E-state index contributed by atoms with van der Waals surface area (Å²) in [6.07, 6.45) is 1.20. The molecule has 1 saturated heterocycles. The first-order valence-corrected chi connectivity index (χ1v) is 4.05. The van der Waals surface area contributed by atoms with Gasteiger partial charge in [-0.1, -0.05) is 10.7 Å². The molecule has 0 aromatic rings. The molecule has 0 amide bonds. The molecule has 0 radical (unpaired) electrons. The molecule has 1 aliphatic rings. The third-order valence-corrected chi connectivity index (χ3v) is 2.35. The van der Waals surface area contributed by atoms with Crippen molar-refractivity contribution in [2.45, 2.75) is 6.42 Å². The second-order valence-electron chi connectivity index (χ2n) is 1.69. The molecule has 0 spiro atoms. The van der Waals surface area contributed by atoms with E-state index in [-0.39, 0.29) is 10.7 Å². The molecular formula is C4H10N2S. The molecule has 1 unspecified atom stereocenters. The van der Waals surface area contributed by atoms with E-state index in [9.17, 15) is 0 Å². The fourth-order valence-electron chi connectivity index (χ4n) is 0.639. The zero-order valence-corrected chi connectivity index (χ0v) is 5.05. The third kappa shape index (κ3) is 1.57. The van der Waals surface area contributed by atoms with E-state index in [2.05, 4.69) is 5.32 Å². The summed E-state index contributed by atoms with van der Waals surface area (Å²) in [5.74, 6) is 2.05. The molecule has 1 atom stereocenters. The zero-order valence-electron chi connectivity index (χ0n) is 4.24. The molecule has 2 nitrogen and oxygen atoms in total. The van der Waals surface area contributed by atoms with Crippen molar-refractivity contribution in [1.82, 2.24) is 5.32 Å². The van der Waals surface area contributed by atoms with Gasteiger partial charge in [0.25, 0.3) is 0 Å². The van der Waals surface area contributed by atoms with Gasteiger partial charge in [0, 0.05) is 5.75 Å². The van der Waals surface area contributed by atoms with E-state index in [0.29, 0.717) is 0 Å². The van der Waals surface area contributed by atoms with E-state index in [4.69, 9.17) is 4.78 Å². The smallest absolute Gasteiger partial charge is 0.0524 e. The van der Waals surface area contributed by atoms with Crippen LogP contribution in [0.2, 0.25) is 0 Å². The van der Waals surface area contributed by atoms with Crippen LogP contribution in [0.4, 0.5) is 0 Å². The van der Waals surface area contributed by atoms with E-state index in [1.54, 1.807) is 0 Å². The second kappa shape index (κ2) is 2.43. The number of hydrogen-bond donors (Lipinski definition) is 2. The Bertz CT molecular complexity index is 73.8. The van der Waals surface area contributed by atoms with Crippen LogP contribution < -0.4 is 5.32 Å². The maximum Gasteiger partial charge on any atom is 0.0524 e. The van der Waals surface area contributed by atoms with Crippen LogP contribution in [-0.2, 0) is 10.7 Å². The Kier molecular flexibility index (Phi) is 1.82. The fraction of sp³-hybridized carbons (Fsp3) is 1.00. The second-order valence-corrected chi connectivity index (χ2v) is 3.38. The third-order valence-electron chi connectivity index (χ3n) is 1.02. The predicted molar refractivity (Wildman–Crippen MR) is 32.4 cm³/mol. The lowest BCUT2D eigenvalue weighted by molar-refractivity contribution is 0.734. The SMILES string of the molecule is N=S1CCCNC1. The summed E-state index contributed by atoms with van der Waals surface area (Å²) in [5.41, 5.74) is 0. The molecule has 0 aliphatic carbocycles. The zero-order chi connectivity index (χ0) is 5.11. The Morgan fingerprint density at radius 3 is 2.71 bits per heavy atom. The lowest BCUT2D eigenvalue weighted by atomic mass is 10.5. The Balaban J connectivity index is 2.25. The molecule has 1 rings (SSSR count). The topological polar surface area (TPSA) is 35.9 Å². The van der Waals surface area contributed by atoms with Crippen LogP contribution in [-0.4, -0.2) is 18.2 Å². The molecule has 1 fully saturated rings. The van der Waals surface area contributed by atoms with Crippen molar-refractivity contribution in [3.8, 4) is 0 Å². The molecule has 0 saturated carbocycles. The van der Waals surface area contributed by atoms with Gasteiger partial charge in [0.2, 0.25) is 0 Å². The van der Waals surface area contributed by atoms with Crippen molar-refractivity contribution >= 4 is 10.7 Å². The Hall–Kier alpha value is 0.110. The fourth-order valence-corrected chi connectivity index (χ4v) is 1.67. The van der Waals surface area contributed by atoms with Gasteiger partial charge in [-0.3, -0.25) is 4.78 Å². The summed E-state index contributed by atoms with van der Waals surface area (Å²) >= 11 is 0. The maximum atomic E-state index is 7.24. The highest BCUT2D eigenvalue weighted by atomic mass is 32.2. The van der Waals surface area contributed by atoms with Crippen molar-refractivity contribution in [1.29, 1.82) is 4.78 Å². The molecule has 2 N–H and O–H groups in total. The van der Waals surface area contributed by atoms with Gasteiger partial charge < -0.3 is 5.32 Å². The van der Waals surface area contributed by atoms with Gasteiger partial charge in [-0.05, 0) is 13.0 Å². The van der Waals surface area contributed by atoms with Crippen molar-refractivity contribution < 1.29 is 0 Å². The van der Waals surface area contributed by atoms with Crippen LogP contribution in [0.25, 0.3) is 0 Å². The van der Waals surface area contributed by atoms with Gasteiger partial charge in [0.15, 0.2) is 0 Å². The largest absolute Gasteiger partial charge is 0.307 e. The molecular weight excluding hydrogens is 108 g/mol. The first-order valence-electron chi connectivity index (χ1n) is 2.49. The van der Waals surface area contributed by atoms with E-state index in [0.717, 1.165) is 18.2 Å². The highest BCUT2D eigenvalue weighted by molar-refractivity contribution is 7.86. The predicted octanol–water partition coefficient (Wildman–Crippen LogP) is 0.318. The normalized spacial score (nSPS) is 32.9. The molecule has 3 heteroatoms. The van der Waals surface area contributed by atoms with Crippen LogP contribution in [0.5, 0.6) is 0 Å². The van der Waals surface area contributed by atoms with Crippen LogP contribution in [0, 0.1) is 4.78 Å². The van der Waals surface area contributed by atoms with E-state index < -0.39 is 0 Å². The van der Waals surface area contributed by atoms with Crippen molar-refractivity contribution in [2.75, 3.05) is 18.2 Å². The van der Waals surface area contributed by atoms with Crippen LogP contribution in [0.15, 0.2) is 0 Å². The minimum absolute atomic E-state index is 0.0513. The van der Waals surface area contributed by atoms with Gasteiger partial charge >= 0.3 is 0 Å². The van der Waals surface area contributed by atoms with Crippen molar-refractivity contribution in [3.05, 3.63) is 0 Å². The summed E-state index contributed by atoms with van der Waals surface area (Å²) in [7, 11) is -0.0513. The average Bonchev–Trinajstić information content (AvgIpc) is 1.69. The standard InChI is InChI=1S/C4H10N2S/c5-7-3-1-2-6-4-7/h5-6H,1-4H2. The Labute approximate surface area is 46.2 Å². The first-order chi connectivity index (χ1) is 3.39. The van der Waals surface area contributed by atoms with Crippen LogP contribution >= 0.6 is 0 Å². The maximum absolute atomic E-state index is 7.24. The Morgan fingerprint density at radius 2 is 2.43 bits per heavy atom. The molecule has 1 heterocycles. The van der Waals surface area contributed by atoms with Crippen molar-refractivity contribution in [2.24, 2.45) is 0 Å². The van der Waals surface area contributed by atoms with E-state index >= 15 is 0 Å². The summed E-state index contributed by atoms with van der Waals surface area (Å²) in [6, 6.07) is 0. The Morgan fingerprint density at radius 1 is 1.57 bits per heavy atom. The van der Waals surface area contributed by atoms with E-state index in [1.165, 1.54) is 6.42 Å². The van der Waals surface area contributed by atoms with Gasteiger partial charge in [-0.15, -0.1) is 0 Å². The first kappa shape index (κ1) is 5.25. The summed E-state index contributed by atoms with van der Waals surface area (Å²) in [4.78, 5) is 0. The summed E-state index contributed by atoms with van der Waals surface area (Å²) in [5, 5.41) is 3.16. The van der Waals surface area contributed by atoms with Crippen LogP contribution in [0.1, 0.15) is 6.42 Å². The summed E-state index contributed by atoms with van der Waals surface area (Å²) in [6.45, 7) is 1.13. The van der Waals surface area contributed by atoms with Gasteiger partial charge in [0.1, 0.15) is 0 Å². The average molecular weight is 118 g/mol. The summed E-state index contributed by atoms with van der Waals surface area (Å²) < 4.78 is 7.24. The molecule has 0 bridgehead atoms. The lowest BCUT2D eigenvalue weighted by Gasteiger charge is -2.12. The lowest BCUT2D eigenvalue weighted by Crippen LogP contribution is -2.27. The van der Waals surface area contributed by atoms with E-state index in [1.807, 2.05) is 0 Å². The molecule has 42 valence electrons. The number of hydrogen-bond acceptors (Lipinski definition) is 2. The highest BCUT2D eigenvalue weighted by Gasteiger charge is 1.99. The molecule has 1 aliphatic heterocycles. The van der Waals surface area contributed by atoms with Gasteiger partial charge in [0.05, 0.1) is 5.88 Å². The van der Waals surface area contributed by atoms with Gasteiger partial charge in [-0.25, -0.2) is 0 Å². The number of nitrogens with one attached hydrogen (secondary N) is 2. The monoisotopic (exact) mass is 118 g/mol. The van der Waals surface area contributed by atoms with Crippen LogP contribution in [0.3, 0.4) is 0 Å². The highest BCUT2D eigenvalue weighted by Crippen LogP contribution is 1.91. The molecule has 0 aromatic heterocycles. The van der Waals surface area contributed by atoms with Crippen molar-refractivity contribution in [3.63, 3.8) is 0 Å². The number of rotatable bonds is 0. The minimum atomic E-state index is -0.0513. The molecule has 7 heavy (non-hydrogen) atoms. The van der Waals surface area contributed by atoms with Gasteiger partial charge in [-0.2, -0.15) is 0 Å². The minimum Gasteiger partial charge on any atom is -0.307 e. The quantitative estimate of drug-likeness (QED) is 0.472.